The summed E-state index contributed by atoms with van der Waals surface area (Å²) in [6.07, 6.45) is 2.44. The van der Waals surface area contributed by atoms with Crippen LogP contribution in [0.15, 0.2) is 30.3 Å². The molecule has 1 aromatic carbocycles. The minimum absolute atomic E-state index is 0.00576. The van der Waals surface area contributed by atoms with Crippen LogP contribution in [0.5, 0.6) is 0 Å². The van der Waals surface area contributed by atoms with Gasteiger partial charge in [0.1, 0.15) is 5.92 Å². The number of nitrogens with zero attached hydrogens (tertiary/aromatic N) is 1. The molecule has 0 unspecified atom stereocenters. The predicted octanol–water partition coefficient (Wildman–Crippen LogP) is 1.55. The molecule has 2 fully saturated rings. The van der Waals surface area contributed by atoms with Crippen molar-refractivity contribution in [2.24, 2.45) is 5.92 Å². The SMILES string of the molecule is COC(=O)[C@H]1[C@H](CCCOC(=O)c2ccccc2)ON2[C@H](CO)CC[C@@H]12. The Kier molecular flexibility index (Phi) is 6.24. The molecule has 4 atom stereocenters. The molecule has 1 N–H and O–H groups in total. The highest BCUT2D eigenvalue weighted by atomic mass is 16.7. The Bertz CT molecular complexity index is 622. The zero-order chi connectivity index (χ0) is 18.5. The van der Waals surface area contributed by atoms with Crippen molar-refractivity contribution in [3.05, 3.63) is 35.9 Å². The summed E-state index contributed by atoms with van der Waals surface area (Å²) in [4.78, 5) is 30.1. The van der Waals surface area contributed by atoms with Gasteiger partial charge < -0.3 is 14.6 Å². The molecule has 0 amide bonds. The summed E-state index contributed by atoms with van der Waals surface area (Å²) in [6.45, 7) is 0.265. The van der Waals surface area contributed by atoms with E-state index < -0.39 is 0 Å². The quantitative estimate of drug-likeness (QED) is 0.581. The van der Waals surface area contributed by atoms with Gasteiger partial charge in [0.05, 0.1) is 44.1 Å². The molecule has 142 valence electrons. The number of hydrogen-bond acceptors (Lipinski definition) is 7. The Morgan fingerprint density at radius 2 is 2.04 bits per heavy atom. The number of methoxy groups -OCH3 is 1. The lowest BCUT2D eigenvalue weighted by atomic mass is 9.91. The summed E-state index contributed by atoms with van der Waals surface area (Å²) < 4.78 is 10.2. The van der Waals surface area contributed by atoms with Crippen molar-refractivity contribution in [1.29, 1.82) is 0 Å². The standard InChI is InChI=1S/C19H25NO6/c1-24-19(23)17-15-10-9-14(12-21)20(15)26-16(17)8-5-11-25-18(22)13-6-3-2-4-7-13/h2-4,6-7,14-17,21H,5,8-12H2,1H3/t14-,15-,16-,17+/m0/s1. The van der Waals surface area contributed by atoms with Crippen LogP contribution >= 0.6 is 0 Å². The molecule has 0 aromatic heterocycles. The largest absolute Gasteiger partial charge is 0.469 e. The van der Waals surface area contributed by atoms with Crippen molar-refractivity contribution in [3.63, 3.8) is 0 Å². The summed E-state index contributed by atoms with van der Waals surface area (Å²) in [7, 11) is 1.38. The maximum atomic E-state index is 12.2. The first kappa shape index (κ1) is 18.8. The number of carbonyl (C=O) groups excluding carboxylic acids is 2. The smallest absolute Gasteiger partial charge is 0.338 e. The van der Waals surface area contributed by atoms with Gasteiger partial charge in [-0.25, -0.2) is 4.79 Å². The van der Waals surface area contributed by atoms with Crippen LogP contribution < -0.4 is 0 Å². The predicted molar refractivity (Wildman–Crippen MR) is 92.1 cm³/mol. The molecule has 0 aliphatic carbocycles. The van der Waals surface area contributed by atoms with Crippen LogP contribution in [0.2, 0.25) is 0 Å². The van der Waals surface area contributed by atoms with E-state index in [1.165, 1.54) is 7.11 Å². The minimum atomic E-state index is -0.374. The second kappa shape index (κ2) is 8.62. The Hall–Kier alpha value is -1.96. The zero-order valence-corrected chi connectivity index (χ0v) is 14.9. The number of fused-ring (bicyclic) bond motifs is 1. The molecule has 26 heavy (non-hydrogen) atoms. The monoisotopic (exact) mass is 363 g/mol. The van der Waals surface area contributed by atoms with Gasteiger partial charge in [-0.1, -0.05) is 18.2 Å². The lowest BCUT2D eigenvalue weighted by Gasteiger charge is -2.21. The number of hydroxylamine groups is 2. The Morgan fingerprint density at radius 3 is 2.73 bits per heavy atom. The van der Waals surface area contributed by atoms with Crippen LogP contribution in [0.1, 0.15) is 36.0 Å². The highest BCUT2D eigenvalue weighted by Gasteiger charge is 2.52. The number of rotatable bonds is 7. The van der Waals surface area contributed by atoms with Gasteiger partial charge in [0.25, 0.3) is 0 Å². The second-order valence-electron chi connectivity index (χ2n) is 6.68. The molecule has 2 heterocycles. The van der Waals surface area contributed by atoms with E-state index in [0.717, 1.165) is 12.8 Å². The minimum Gasteiger partial charge on any atom is -0.469 e. The topological polar surface area (TPSA) is 85.3 Å². The van der Waals surface area contributed by atoms with Crippen LogP contribution in [-0.2, 0) is 19.1 Å². The molecule has 3 rings (SSSR count). The van der Waals surface area contributed by atoms with E-state index in [1.807, 2.05) is 6.07 Å². The molecular weight excluding hydrogens is 338 g/mol. The Balaban J connectivity index is 1.51. The van der Waals surface area contributed by atoms with Crippen LogP contribution in [0.4, 0.5) is 0 Å². The van der Waals surface area contributed by atoms with Gasteiger partial charge in [-0.05, 0) is 37.8 Å². The average molecular weight is 363 g/mol. The third kappa shape index (κ3) is 3.90. The van der Waals surface area contributed by atoms with Gasteiger partial charge in [-0.2, -0.15) is 5.06 Å². The lowest BCUT2D eigenvalue weighted by molar-refractivity contribution is -0.182. The third-order valence-electron chi connectivity index (χ3n) is 5.11. The molecule has 7 nitrogen and oxygen atoms in total. The molecule has 0 bridgehead atoms. The molecular formula is C19H25NO6. The Labute approximate surface area is 152 Å². The lowest BCUT2D eigenvalue weighted by Crippen LogP contribution is -2.36. The highest BCUT2D eigenvalue weighted by Crippen LogP contribution is 2.40. The van der Waals surface area contributed by atoms with Gasteiger partial charge in [-0.3, -0.25) is 9.63 Å². The Morgan fingerprint density at radius 1 is 1.27 bits per heavy atom. The number of hydrogen-bond donors (Lipinski definition) is 1. The highest BCUT2D eigenvalue weighted by molar-refractivity contribution is 5.89. The third-order valence-corrected chi connectivity index (χ3v) is 5.11. The molecule has 0 spiro atoms. The molecule has 0 radical (unpaired) electrons. The maximum Gasteiger partial charge on any atom is 0.338 e. The first-order valence-electron chi connectivity index (χ1n) is 9.01. The molecule has 7 heteroatoms. The van der Waals surface area contributed by atoms with Crippen molar-refractivity contribution in [1.82, 2.24) is 5.06 Å². The second-order valence-corrected chi connectivity index (χ2v) is 6.68. The number of benzene rings is 1. The van der Waals surface area contributed by atoms with Crippen molar-refractivity contribution >= 4 is 11.9 Å². The molecule has 2 aliphatic heterocycles. The van der Waals surface area contributed by atoms with Crippen LogP contribution in [0.25, 0.3) is 0 Å². The zero-order valence-electron chi connectivity index (χ0n) is 14.9. The van der Waals surface area contributed by atoms with E-state index in [-0.39, 0.29) is 49.3 Å². The molecule has 1 aromatic rings. The van der Waals surface area contributed by atoms with E-state index in [1.54, 1.807) is 29.3 Å². The van der Waals surface area contributed by atoms with Crippen molar-refractivity contribution < 1.29 is 29.0 Å². The van der Waals surface area contributed by atoms with Crippen LogP contribution in [-0.4, -0.2) is 60.6 Å². The molecule has 2 aliphatic rings. The van der Waals surface area contributed by atoms with Crippen molar-refractivity contribution in [3.8, 4) is 0 Å². The fourth-order valence-corrected chi connectivity index (χ4v) is 3.82. The van der Waals surface area contributed by atoms with E-state index >= 15 is 0 Å². The molecule has 2 saturated heterocycles. The summed E-state index contributed by atoms with van der Waals surface area (Å²) in [5.41, 5.74) is 0.517. The number of ether oxygens (including phenoxy) is 2. The van der Waals surface area contributed by atoms with Gasteiger partial charge in [0.15, 0.2) is 0 Å². The van der Waals surface area contributed by atoms with Gasteiger partial charge >= 0.3 is 11.9 Å². The number of aliphatic hydroxyl groups is 1. The average Bonchev–Trinajstić information content (AvgIpc) is 3.23. The normalized spacial score (nSPS) is 27.9. The summed E-state index contributed by atoms with van der Waals surface area (Å²) in [5, 5.41) is 11.2. The van der Waals surface area contributed by atoms with Crippen molar-refractivity contribution in [2.45, 2.75) is 43.9 Å². The fourth-order valence-electron chi connectivity index (χ4n) is 3.82. The first-order valence-corrected chi connectivity index (χ1v) is 9.01. The van der Waals surface area contributed by atoms with Crippen LogP contribution in [0, 0.1) is 5.92 Å². The summed E-state index contributed by atoms with van der Waals surface area (Å²) in [6, 6.07) is 8.69. The van der Waals surface area contributed by atoms with E-state index in [9.17, 15) is 14.7 Å². The van der Waals surface area contributed by atoms with Gasteiger partial charge in [0.2, 0.25) is 0 Å². The van der Waals surface area contributed by atoms with Crippen molar-refractivity contribution in [2.75, 3.05) is 20.3 Å². The summed E-state index contributed by atoms with van der Waals surface area (Å²) >= 11 is 0. The van der Waals surface area contributed by atoms with Gasteiger partial charge in [0, 0.05) is 0 Å². The number of esters is 2. The first-order chi connectivity index (χ1) is 12.7. The van der Waals surface area contributed by atoms with E-state index in [4.69, 9.17) is 14.3 Å². The molecule has 0 saturated carbocycles. The van der Waals surface area contributed by atoms with Crippen LogP contribution in [0.3, 0.4) is 0 Å². The van der Waals surface area contributed by atoms with E-state index in [0.29, 0.717) is 18.4 Å². The number of aliphatic hydroxyl groups excluding tert-OH is 1. The van der Waals surface area contributed by atoms with E-state index in [2.05, 4.69) is 0 Å². The fraction of sp³-hybridized carbons (Fsp3) is 0.579. The number of carbonyl (C=O) groups is 2. The van der Waals surface area contributed by atoms with Gasteiger partial charge in [-0.15, -0.1) is 0 Å². The summed E-state index contributed by atoms with van der Waals surface area (Å²) in [5.74, 6) is -1.02. The maximum absolute atomic E-state index is 12.2.